The maximum absolute atomic E-state index is 8.36. The van der Waals surface area contributed by atoms with Crippen LogP contribution in [0.1, 0.15) is 0 Å². The van der Waals surface area contributed by atoms with Crippen molar-refractivity contribution in [2.24, 2.45) is 0 Å². The van der Waals surface area contributed by atoms with Gasteiger partial charge in [-0.3, -0.25) is 4.79 Å². The lowest BCUT2D eigenvalue weighted by molar-refractivity contribution is -0.122. The largest absolute Gasteiger partial charge is 0.483 e. The molecule has 22 heavy (non-hydrogen) atoms. The van der Waals surface area contributed by atoms with Crippen LogP contribution in [-0.4, -0.2) is 21.5 Å². The summed E-state index contributed by atoms with van der Waals surface area (Å²) in [6.45, 7) is -0.250. The molecule has 0 spiro atoms. The summed E-state index contributed by atoms with van der Waals surface area (Å²) in [4.78, 5) is 17.1. The highest BCUT2D eigenvalue weighted by Crippen LogP contribution is 2.24. The Morgan fingerprint density at radius 1 is 1.14 bits per heavy atom. The fourth-order valence-corrected chi connectivity index (χ4v) is 2.18. The monoisotopic (exact) mass is 360 g/mol. The van der Waals surface area contributed by atoms with Gasteiger partial charge in [0.2, 0.25) is 5.95 Å². The number of nitrogen functional groups attached to an aromatic ring is 1. The molecule has 4 N–H and O–H groups in total. The topological polar surface area (TPSA) is 101 Å². The lowest BCUT2D eigenvalue weighted by Crippen LogP contribution is -2.01. The van der Waals surface area contributed by atoms with E-state index in [9.17, 15) is 0 Å². The number of rotatable bonds is 2. The van der Waals surface area contributed by atoms with E-state index in [4.69, 9.17) is 15.6 Å². The first-order valence-electron chi connectivity index (χ1n) is 6.26. The number of nitrogens with one attached hydrogen (secondary N) is 1. The summed E-state index contributed by atoms with van der Waals surface area (Å²) in [7, 11) is 0. The van der Waals surface area contributed by atoms with E-state index >= 15 is 0 Å². The average molecular weight is 361 g/mol. The van der Waals surface area contributed by atoms with Gasteiger partial charge in [0, 0.05) is 15.5 Å². The summed E-state index contributed by atoms with van der Waals surface area (Å²) in [5, 5.41) is 10.9. The third-order valence-corrected chi connectivity index (χ3v) is 3.21. The number of carbonyl (C=O) groups is 1. The molecule has 0 aliphatic rings. The highest BCUT2D eigenvalue weighted by Gasteiger charge is 2.05. The highest BCUT2D eigenvalue weighted by molar-refractivity contribution is 9.10. The number of benzene rings is 2. The van der Waals surface area contributed by atoms with Crippen LogP contribution in [0.5, 0.6) is 0 Å². The Balaban J connectivity index is 0.000000545. The van der Waals surface area contributed by atoms with Gasteiger partial charge in [0.05, 0.1) is 5.52 Å². The molecule has 1 heterocycles. The molecule has 0 radical (unpaired) electrons. The van der Waals surface area contributed by atoms with Gasteiger partial charge in [-0.05, 0) is 30.3 Å². The third kappa shape index (κ3) is 3.92. The minimum absolute atomic E-state index is 0.250. The van der Waals surface area contributed by atoms with Crippen molar-refractivity contribution in [2.45, 2.75) is 0 Å². The molecular weight excluding hydrogens is 348 g/mol. The third-order valence-electron chi connectivity index (χ3n) is 2.72. The number of hydrogen-bond acceptors (Lipinski definition) is 5. The van der Waals surface area contributed by atoms with E-state index in [-0.39, 0.29) is 6.47 Å². The SMILES string of the molecule is Nc1nc(Nc2ccccc2)nc2cc(Br)ccc12.O=CO. The van der Waals surface area contributed by atoms with Gasteiger partial charge < -0.3 is 16.2 Å². The fraction of sp³-hybridized carbons (Fsp3) is 0. The molecule has 0 aliphatic carbocycles. The van der Waals surface area contributed by atoms with E-state index in [0.717, 1.165) is 21.1 Å². The number of anilines is 3. The number of nitrogens with two attached hydrogens (primary N) is 1. The van der Waals surface area contributed by atoms with Crippen molar-refractivity contribution in [1.29, 1.82) is 0 Å². The number of halogens is 1. The number of para-hydroxylation sites is 1. The minimum Gasteiger partial charge on any atom is -0.483 e. The lowest BCUT2D eigenvalue weighted by Gasteiger charge is -2.07. The lowest BCUT2D eigenvalue weighted by atomic mass is 10.2. The van der Waals surface area contributed by atoms with Crippen LogP contribution in [0.4, 0.5) is 17.5 Å². The summed E-state index contributed by atoms with van der Waals surface area (Å²) >= 11 is 3.43. The molecule has 0 saturated carbocycles. The molecule has 1 aromatic heterocycles. The van der Waals surface area contributed by atoms with Crippen molar-refractivity contribution in [3.8, 4) is 0 Å². The molecule has 0 unspecified atom stereocenters. The second-order valence-electron chi connectivity index (χ2n) is 4.19. The van der Waals surface area contributed by atoms with Gasteiger partial charge in [0.1, 0.15) is 5.82 Å². The molecule has 0 fully saturated rings. The van der Waals surface area contributed by atoms with Crippen LogP contribution in [0.2, 0.25) is 0 Å². The molecule has 0 amide bonds. The van der Waals surface area contributed by atoms with E-state index in [1.807, 2.05) is 48.5 Å². The van der Waals surface area contributed by atoms with Crippen LogP contribution < -0.4 is 11.1 Å². The van der Waals surface area contributed by atoms with Crippen molar-refractivity contribution in [1.82, 2.24) is 9.97 Å². The van der Waals surface area contributed by atoms with Crippen LogP contribution in [-0.2, 0) is 4.79 Å². The molecule has 0 atom stereocenters. The Labute approximate surface area is 135 Å². The fourth-order valence-electron chi connectivity index (χ4n) is 1.83. The zero-order valence-corrected chi connectivity index (χ0v) is 13.0. The number of nitrogens with zero attached hydrogens (tertiary/aromatic N) is 2. The molecule has 6 nitrogen and oxygen atoms in total. The van der Waals surface area contributed by atoms with E-state index in [0.29, 0.717) is 11.8 Å². The molecule has 3 aromatic rings. The second-order valence-corrected chi connectivity index (χ2v) is 5.11. The molecule has 2 aromatic carbocycles. The molecule has 0 bridgehead atoms. The average Bonchev–Trinajstić information content (AvgIpc) is 2.48. The van der Waals surface area contributed by atoms with Gasteiger partial charge in [-0.15, -0.1) is 0 Å². The van der Waals surface area contributed by atoms with Gasteiger partial charge in [-0.1, -0.05) is 34.1 Å². The summed E-state index contributed by atoms with van der Waals surface area (Å²) in [6, 6.07) is 15.5. The summed E-state index contributed by atoms with van der Waals surface area (Å²) in [6.07, 6.45) is 0. The van der Waals surface area contributed by atoms with Crippen LogP contribution in [0.15, 0.2) is 53.0 Å². The number of aromatic nitrogens is 2. The van der Waals surface area contributed by atoms with Gasteiger partial charge in [-0.2, -0.15) is 4.98 Å². The van der Waals surface area contributed by atoms with E-state index in [2.05, 4.69) is 31.2 Å². The number of fused-ring (bicyclic) bond motifs is 1. The quantitative estimate of drug-likeness (QED) is 0.605. The smallest absolute Gasteiger partial charge is 0.290 e. The van der Waals surface area contributed by atoms with Crippen molar-refractivity contribution in [3.63, 3.8) is 0 Å². The molecule has 0 aliphatic heterocycles. The van der Waals surface area contributed by atoms with Crippen LogP contribution in [0, 0.1) is 0 Å². The van der Waals surface area contributed by atoms with Crippen molar-refractivity contribution in [2.75, 3.05) is 11.1 Å². The van der Waals surface area contributed by atoms with E-state index in [1.54, 1.807) is 0 Å². The second kappa shape index (κ2) is 7.37. The first-order valence-corrected chi connectivity index (χ1v) is 7.06. The Kier molecular flexibility index (Phi) is 5.26. The predicted molar refractivity (Wildman–Crippen MR) is 90.1 cm³/mol. The van der Waals surface area contributed by atoms with E-state index in [1.165, 1.54) is 0 Å². The Morgan fingerprint density at radius 2 is 1.82 bits per heavy atom. The zero-order valence-electron chi connectivity index (χ0n) is 11.4. The molecule has 7 heteroatoms. The highest BCUT2D eigenvalue weighted by atomic mass is 79.9. The van der Waals surface area contributed by atoms with Crippen molar-refractivity contribution in [3.05, 3.63) is 53.0 Å². The Bertz CT molecular complexity index is 781. The van der Waals surface area contributed by atoms with Crippen molar-refractivity contribution >= 4 is 50.8 Å². The molecule has 0 saturated heterocycles. The van der Waals surface area contributed by atoms with Crippen LogP contribution >= 0.6 is 15.9 Å². The summed E-state index contributed by atoms with van der Waals surface area (Å²) in [5.74, 6) is 0.963. The van der Waals surface area contributed by atoms with Gasteiger partial charge in [-0.25, -0.2) is 4.98 Å². The normalized spacial score (nSPS) is 9.68. The van der Waals surface area contributed by atoms with Gasteiger partial charge >= 0.3 is 0 Å². The summed E-state index contributed by atoms with van der Waals surface area (Å²) < 4.78 is 0.962. The van der Waals surface area contributed by atoms with Crippen molar-refractivity contribution < 1.29 is 9.90 Å². The maximum Gasteiger partial charge on any atom is 0.290 e. The number of hydrogen-bond donors (Lipinski definition) is 3. The van der Waals surface area contributed by atoms with Gasteiger partial charge in [0.15, 0.2) is 0 Å². The number of carboxylic acid groups (broad SMARTS) is 1. The first kappa shape index (κ1) is 15.7. The predicted octanol–water partition coefficient (Wildman–Crippen LogP) is 3.42. The van der Waals surface area contributed by atoms with Gasteiger partial charge in [0.25, 0.3) is 6.47 Å². The summed E-state index contributed by atoms with van der Waals surface area (Å²) in [5.41, 5.74) is 7.69. The molecule has 3 rings (SSSR count). The van der Waals surface area contributed by atoms with Crippen LogP contribution in [0.3, 0.4) is 0 Å². The molecule has 112 valence electrons. The Morgan fingerprint density at radius 3 is 2.50 bits per heavy atom. The van der Waals surface area contributed by atoms with Crippen LogP contribution in [0.25, 0.3) is 10.9 Å². The zero-order chi connectivity index (χ0) is 15.9. The maximum atomic E-state index is 8.36. The van der Waals surface area contributed by atoms with E-state index < -0.39 is 0 Å². The first-order chi connectivity index (χ1) is 10.6. The standard InChI is InChI=1S/C14H11BrN4.CH2O2/c15-9-6-7-11-12(8-9)18-14(19-13(11)16)17-10-4-2-1-3-5-10;2-1-3/h1-8H,(H3,16,17,18,19);1H,(H,2,3). The minimum atomic E-state index is -0.250. The molecular formula is C15H13BrN4O2. The Hall–Kier alpha value is -2.67.